The van der Waals surface area contributed by atoms with Gasteiger partial charge in [-0.15, -0.1) is 0 Å². The highest BCUT2D eigenvalue weighted by Crippen LogP contribution is 2.30. The summed E-state index contributed by atoms with van der Waals surface area (Å²) in [5.41, 5.74) is 2.30. The van der Waals surface area contributed by atoms with Crippen LogP contribution >= 0.6 is 0 Å². The van der Waals surface area contributed by atoms with Gasteiger partial charge in [-0.25, -0.2) is 4.98 Å². The fraction of sp³-hybridized carbons (Fsp3) is 0.533. The molecule has 3 heteroatoms. The van der Waals surface area contributed by atoms with Crippen LogP contribution in [0.1, 0.15) is 25.7 Å². The standard InChI is InChI=1S/C15H21N3/c1-17(11-10-12-6-5-7-12)15-16-13-8-3-4-9-14(13)18(15)2/h3-4,8-9,12H,5-7,10-11H2,1-2H3. The number of benzene rings is 1. The minimum atomic E-state index is 0.960. The van der Waals surface area contributed by atoms with Crippen LogP contribution in [0.25, 0.3) is 11.0 Å². The molecule has 0 radical (unpaired) electrons. The summed E-state index contributed by atoms with van der Waals surface area (Å²) in [4.78, 5) is 7.01. The lowest BCUT2D eigenvalue weighted by molar-refractivity contribution is 0.298. The van der Waals surface area contributed by atoms with E-state index in [0.29, 0.717) is 0 Å². The lowest BCUT2D eigenvalue weighted by Gasteiger charge is -2.28. The van der Waals surface area contributed by atoms with Crippen LogP contribution in [0.5, 0.6) is 0 Å². The number of aryl methyl sites for hydroxylation is 1. The third-order valence-corrected chi connectivity index (χ3v) is 4.20. The second kappa shape index (κ2) is 4.63. The van der Waals surface area contributed by atoms with Crippen molar-refractivity contribution >= 4 is 17.0 Å². The average molecular weight is 243 g/mol. The Morgan fingerprint density at radius 3 is 2.78 bits per heavy atom. The van der Waals surface area contributed by atoms with Crippen molar-refractivity contribution in [2.45, 2.75) is 25.7 Å². The molecule has 0 atom stereocenters. The van der Waals surface area contributed by atoms with E-state index in [1.54, 1.807) is 0 Å². The first kappa shape index (κ1) is 11.6. The topological polar surface area (TPSA) is 21.1 Å². The Kier molecular flexibility index (Phi) is 2.98. The molecule has 0 spiro atoms. The van der Waals surface area contributed by atoms with Crippen molar-refractivity contribution in [3.63, 3.8) is 0 Å². The van der Waals surface area contributed by atoms with Gasteiger partial charge < -0.3 is 9.47 Å². The van der Waals surface area contributed by atoms with Gasteiger partial charge in [-0.1, -0.05) is 31.4 Å². The number of aromatic nitrogens is 2. The molecular weight excluding hydrogens is 222 g/mol. The van der Waals surface area contributed by atoms with Gasteiger partial charge in [0.05, 0.1) is 11.0 Å². The summed E-state index contributed by atoms with van der Waals surface area (Å²) in [5.74, 6) is 2.04. The van der Waals surface area contributed by atoms with Gasteiger partial charge in [0.25, 0.3) is 0 Å². The van der Waals surface area contributed by atoms with Crippen molar-refractivity contribution in [1.29, 1.82) is 0 Å². The van der Waals surface area contributed by atoms with Crippen molar-refractivity contribution in [1.82, 2.24) is 9.55 Å². The molecule has 96 valence electrons. The number of para-hydroxylation sites is 2. The van der Waals surface area contributed by atoms with E-state index < -0.39 is 0 Å². The highest BCUT2D eigenvalue weighted by Gasteiger charge is 2.18. The van der Waals surface area contributed by atoms with Crippen LogP contribution in [0.4, 0.5) is 5.95 Å². The van der Waals surface area contributed by atoms with E-state index in [-0.39, 0.29) is 0 Å². The molecule has 1 aromatic carbocycles. The van der Waals surface area contributed by atoms with Crippen LogP contribution in [-0.2, 0) is 7.05 Å². The molecule has 0 saturated heterocycles. The predicted molar refractivity (Wildman–Crippen MR) is 75.9 cm³/mol. The van der Waals surface area contributed by atoms with Gasteiger partial charge in [-0.3, -0.25) is 0 Å². The Bertz CT molecular complexity index is 540. The van der Waals surface area contributed by atoms with E-state index in [1.807, 2.05) is 6.07 Å². The van der Waals surface area contributed by atoms with E-state index in [0.717, 1.165) is 23.9 Å². The maximum Gasteiger partial charge on any atom is 0.206 e. The second-order valence-corrected chi connectivity index (χ2v) is 5.47. The molecule has 3 nitrogen and oxygen atoms in total. The first-order valence-corrected chi connectivity index (χ1v) is 6.88. The molecule has 1 aliphatic rings. The summed E-state index contributed by atoms with van der Waals surface area (Å²) in [6.07, 6.45) is 5.59. The maximum atomic E-state index is 4.72. The monoisotopic (exact) mass is 243 g/mol. The number of fused-ring (bicyclic) bond motifs is 1. The van der Waals surface area contributed by atoms with Crippen molar-refractivity contribution < 1.29 is 0 Å². The Balaban J connectivity index is 1.77. The molecule has 1 saturated carbocycles. The van der Waals surface area contributed by atoms with Gasteiger partial charge in [0.1, 0.15) is 0 Å². The van der Waals surface area contributed by atoms with E-state index in [1.165, 1.54) is 31.2 Å². The smallest absolute Gasteiger partial charge is 0.206 e. The summed E-state index contributed by atoms with van der Waals surface area (Å²) in [5, 5.41) is 0. The zero-order valence-electron chi connectivity index (χ0n) is 11.3. The summed E-state index contributed by atoms with van der Waals surface area (Å²) in [6, 6.07) is 8.33. The molecular formula is C15H21N3. The van der Waals surface area contributed by atoms with Crippen molar-refractivity contribution in [2.24, 2.45) is 13.0 Å². The van der Waals surface area contributed by atoms with Crippen molar-refractivity contribution in [2.75, 3.05) is 18.5 Å². The number of rotatable bonds is 4. The van der Waals surface area contributed by atoms with E-state index >= 15 is 0 Å². The third-order valence-electron chi connectivity index (χ3n) is 4.20. The zero-order chi connectivity index (χ0) is 12.5. The molecule has 0 aliphatic heterocycles. The number of anilines is 1. The molecule has 18 heavy (non-hydrogen) atoms. The number of imidazole rings is 1. The van der Waals surface area contributed by atoms with Crippen LogP contribution in [0.2, 0.25) is 0 Å². The Labute approximate surface area is 108 Å². The normalized spacial score (nSPS) is 15.9. The first-order chi connectivity index (χ1) is 8.75. The molecule has 0 unspecified atom stereocenters. The van der Waals surface area contributed by atoms with Crippen molar-refractivity contribution in [3.05, 3.63) is 24.3 Å². The molecule has 1 aliphatic carbocycles. The highest BCUT2D eigenvalue weighted by atomic mass is 15.3. The van der Waals surface area contributed by atoms with E-state index in [2.05, 4.69) is 41.8 Å². The van der Waals surface area contributed by atoms with Crippen molar-refractivity contribution in [3.8, 4) is 0 Å². The van der Waals surface area contributed by atoms with Crippen LogP contribution in [0.3, 0.4) is 0 Å². The largest absolute Gasteiger partial charge is 0.345 e. The molecule has 0 amide bonds. The predicted octanol–water partition coefficient (Wildman–Crippen LogP) is 3.20. The molecule has 3 rings (SSSR count). The summed E-state index contributed by atoms with van der Waals surface area (Å²) >= 11 is 0. The second-order valence-electron chi connectivity index (χ2n) is 5.47. The van der Waals surface area contributed by atoms with Crippen LogP contribution in [0, 0.1) is 5.92 Å². The van der Waals surface area contributed by atoms with Crippen LogP contribution < -0.4 is 4.90 Å². The molecule has 1 heterocycles. The lowest BCUT2D eigenvalue weighted by atomic mass is 9.83. The summed E-state index contributed by atoms with van der Waals surface area (Å²) in [6.45, 7) is 1.11. The number of hydrogen-bond donors (Lipinski definition) is 0. The fourth-order valence-corrected chi connectivity index (χ4v) is 2.73. The van der Waals surface area contributed by atoms with Crippen LogP contribution in [0.15, 0.2) is 24.3 Å². The Morgan fingerprint density at radius 1 is 1.33 bits per heavy atom. The van der Waals surface area contributed by atoms with Gasteiger partial charge in [0.15, 0.2) is 0 Å². The van der Waals surface area contributed by atoms with Gasteiger partial charge in [0.2, 0.25) is 5.95 Å². The Hall–Kier alpha value is -1.51. The number of hydrogen-bond acceptors (Lipinski definition) is 2. The minimum absolute atomic E-state index is 0.960. The summed E-state index contributed by atoms with van der Waals surface area (Å²) in [7, 11) is 4.25. The molecule has 0 bridgehead atoms. The maximum absolute atomic E-state index is 4.72. The van der Waals surface area contributed by atoms with Crippen LogP contribution in [-0.4, -0.2) is 23.1 Å². The fourth-order valence-electron chi connectivity index (χ4n) is 2.73. The van der Waals surface area contributed by atoms with Gasteiger partial charge in [-0.2, -0.15) is 0 Å². The highest BCUT2D eigenvalue weighted by molar-refractivity contribution is 5.78. The van der Waals surface area contributed by atoms with Gasteiger partial charge in [0, 0.05) is 20.6 Å². The van der Waals surface area contributed by atoms with E-state index in [4.69, 9.17) is 4.98 Å². The molecule has 1 aromatic heterocycles. The molecule has 1 fully saturated rings. The number of nitrogens with zero attached hydrogens (tertiary/aromatic N) is 3. The quantitative estimate of drug-likeness (QED) is 0.822. The molecule has 0 N–H and O–H groups in total. The lowest BCUT2D eigenvalue weighted by Crippen LogP contribution is -2.25. The van der Waals surface area contributed by atoms with E-state index in [9.17, 15) is 0 Å². The van der Waals surface area contributed by atoms with Gasteiger partial charge in [-0.05, 0) is 24.5 Å². The molecule has 2 aromatic rings. The minimum Gasteiger partial charge on any atom is -0.345 e. The zero-order valence-corrected chi connectivity index (χ0v) is 11.3. The van der Waals surface area contributed by atoms with Gasteiger partial charge >= 0.3 is 0 Å². The third kappa shape index (κ3) is 1.98. The Morgan fingerprint density at radius 2 is 2.11 bits per heavy atom. The first-order valence-electron chi connectivity index (χ1n) is 6.88. The SMILES string of the molecule is CN(CCC1CCC1)c1nc2ccccc2n1C. The summed E-state index contributed by atoms with van der Waals surface area (Å²) < 4.78 is 2.19. The average Bonchev–Trinajstić information content (AvgIpc) is 2.65.